The molecule has 136 valence electrons. The molecule has 0 spiro atoms. The summed E-state index contributed by atoms with van der Waals surface area (Å²) < 4.78 is 12.8. The van der Waals surface area contributed by atoms with Crippen molar-refractivity contribution in [1.29, 1.82) is 0 Å². The molecule has 0 bridgehead atoms. The van der Waals surface area contributed by atoms with Crippen molar-refractivity contribution in [2.75, 3.05) is 6.61 Å². The summed E-state index contributed by atoms with van der Waals surface area (Å²) in [7, 11) is 0. The van der Waals surface area contributed by atoms with E-state index >= 15 is 0 Å². The van der Waals surface area contributed by atoms with Crippen LogP contribution in [0, 0.1) is 13.8 Å². The van der Waals surface area contributed by atoms with Crippen LogP contribution in [-0.4, -0.2) is 32.9 Å². The Kier molecular flexibility index (Phi) is 4.78. The van der Waals surface area contributed by atoms with Crippen LogP contribution in [0.25, 0.3) is 11.0 Å². The molecule has 7 nitrogen and oxygen atoms in total. The van der Waals surface area contributed by atoms with Gasteiger partial charge in [-0.05, 0) is 65.9 Å². The fourth-order valence-electron chi connectivity index (χ4n) is 3.14. The van der Waals surface area contributed by atoms with Gasteiger partial charge in [0.25, 0.3) is 0 Å². The van der Waals surface area contributed by atoms with Crippen LogP contribution < -0.4 is 5.63 Å². The molecule has 2 aromatic heterocycles. The summed E-state index contributed by atoms with van der Waals surface area (Å²) in [5, 5.41) is 13.7. The van der Waals surface area contributed by atoms with Crippen LogP contribution in [0.1, 0.15) is 29.5 Å². The summed E-state index contributed by atoms with van der Waals surface area (Å²) in [4.78, 5) is 11.9. The summed E-state index contributed by atoms with van der Waals surface area (Å²) in [6, 6.07) is 5.54. The molecule has 0 N–H and O–H groups in total. The molecule has 0 aliphatic carbocycles. The fraction of sp³-hybridized carbons (Fsp3) is 0.444. The van der Waals surface area contributed by atoms with Crippen LogP contribution in [-0.2, 0) is 17.0 Å². The number of thioether (sulfide) groups is 1. The topological polar surface area (TPSA) is 83.0 Å². The van der Waals surface area contributed by atoms with Gasteiger partial charge in [-0.25, -0.2) is 9.48 Å². The molecule has 0 amide bonds. The molecule has 1 aliphatic rings. The second-order valence-electron chi connectivity index (χ2n) is 6.59. The van der Waals surface area contributed by atoms with Crippen molar-refractivity contribution < 1.29 is 9.15 Å². The molecular weight excluding hydrogens is 352 g/mol. The van der Waals surface area contributed by atoms with Crippen molar-refractivity contribution in [3.05, 3.63) is 45.3 Å². The van der Waals surface area contributed by atoms with E-state index in [4.69, 9.17) is 9.15 Å². The molecule has 4 rings (SSSR count). The molecule has 1 atom stereocenters. The van der Waals surface area contributed by atoms with Gasteiger partial charge < -0.3 is 9.15 Å². The Balaban J connectivity index is 1.58. The van der Waals surface area contributed by atoms with Crippen LogP contribution in [0.3, 0.4) is 0 Å². The first-order valence-electron chi connectivity index (χ1n) is 8.65. The summed E-state index contributed by atoms with van der Waals surface area (Å²) in [6.07, 6.45) is 2.29. The Morgan fingerprint density at radius 1 is 1.27 bits per heavy atom. The number of rotatable bonds is 5. The van der Waals surface area contributed by atoms with Crippen molar-refractivity contribution >= 4 is 22.7 Å². The van der Waals surface area contributed by atoms with Gasteiger partial charge in [0.05, 0.1) is 12.6 Å². The monoisotopic (exact) mass is 372 g/mol. The van der Waals surface area contributed by atoms with E-state index in [-0.39, 0.29) is 11.7 Å². The van der Waals surface area contributed by atoms with Crippen LogP contribution in [0.15, 0.2) is 32.6 Å². The lowest BCUT2D eigenvalue weighted by Crippen LogP contribution is -2.16. The number of hydrogen-bond acceptors (Lipinski definition) is 7. The molecule has 0 saturated carbocycles. The normalized spacial score (nSPS) is 17.2. The molecule has 1 saturated heterocycles. The lowest BCUT2D eigenvalue weighted by Gasteiger charge is -2.10. The van der Waals surface area contributed by atoms with E-state index in [0.717, 1.165) is 41.1 Å². The van der Waals surface area contributed by atoms with Gasteiger partial charge in [-0.2, -0.15) is 0 Å². The maximum Gasteiger partial charge on any atom is 0.336 e. The Morgan fingerprint density at radius 3 is 2.92 bits per heavy atom. The zero-order valence-electron chi connectivity index (χ0n) is 14.8. The predicted molar refractivity (Wildman–Crippen MR) is 98.3 cm³/mol. The molecular formula is C18H20N4O3S. The van der Waals surface area contributed by atoms with Crippen LogP contribution in [0.2, 0.25) is 0 Å². The van der Waals surface area contributed by atoms with E-state index in [9.17, 15) is 4.79 Å². The highest BCUT2D eigenvalue weighted by molar-refractivity contribution is 7.98. The quantitative estimate of drug-likeness (QED) is 0.503. The molecule has 26 heavy (non-hydrogen) atoms. The minimum absolute atomic E-state index is 0.174. The van der Waals surface area contributed by atoms with Gasteiger partial charge in [0.1, 0.15) is 5.58 Å². The predicted octanol–water partition coefficient (Wildman–Crippen LogP) is 2.87. The number of ether oxygens (including phenoxy) is 1. The summed E-state index contributed by atoms with van der Waals surface area (Å²) in [5.41, 5.74) is 3.48. The highest BCUT2D eigenvalue weighted by Crippen LogP contribution is 2.27. The Bertz CT molecular complexity index is 992. The number of aryl methyl sites for hydroxylation is 2. The van der Waals surface area contributed by atoms with E-state index in [0.29, 0.717) is 17.9 Å². The number of tetrazole rings is 1. The average Bonchev–Trinajstić information content (AvgIpc) is 3.27. The number of aromatic nitrogens is 4. The maximum absolute atomic E-state index is 11.9. The highest BCUT2D eigenvalue weighted by atomic mass is 32.2. The van der Waals surface area contributed by atoms with Gasteiger partial charge in [0.2, 0.25) is 5.16 Å². The van der Waals surface area contributed by atoms with Crippen molar-refractivity contribution in [1.82, 2.24) is 20.2 Å². The number of nitrogens with zero attached hydrogens (tertiary/aromatic N) is 4. The SMILES string of the molecule is Cc1cc2oc(=O)cc(CSc3nnnn3CC3CCCO3)c2cc1C. The molecule has 3 heterocycles. The van der Waals surface area contributed by atoms with Crippen molar-refractivity contribution in [3.8, 4) is 0 Å². The summed E-state index contributed by atoms with van der Waals surface area (Å²) in [5.74, 6) is 0.594. The standard InChI is InChI=1S/C18H20N4O3S/c1-11-6-15-13(8-17(23)25-16(15)7-12(11)2)10-26-18-19-20-21-22(18)9-14-4-3-5-24-14/h6-8,14H,3-5,9-10H2,1-2H3. The van der Waals surface area contributed by atoms with Crippen molar-refractivity contribution in [2.45, 2.75) is 50.2 Å². The van der Waals surface area contributed by atoms with Gasteiger partial charge in [-0.3, -0.25) is 0 Å². The van der Waals surface area contributed by atoms with Crippen LogP contribution in [0.4, 0.5) is 0 Å². The van der Waals surface area contributed by atoms with Gasteiger partial charge in [0.15, 0.2) is 0 Å². The number of benzene rings is 1. The Morgan fingerprint density at radius 2 is 2.12 bits per heavy atom. The van der Waals surface area contributed by atoms with Crippen LogP contribution >= 0.6 is 11.8 Å². The molecule has 1 aliphatic heterocycles. The first kappa shape index (κ1) is 17.2. The van der Waals surface area contributed by atoms with Crippen molar-refractivity contribution in [3.63, 3.8) is 0 Å². The lowest BCUT2D eigenvalue weighted by molar-refractivity contribution is 0.0912. The average molecular weight is 372 g/mol. The largest absolute Gasteiger partial charge is 0.423 e. The molecule has 1 unspecified atom stereocenters. The third kappa shape index (κ3) is 3.52. The van der Waals surface area contributed by atoms with Gasteiger partial charge in [-0.1, -0.05) is 11.8 Å². The van der Waals surface area contributed by atoms with E-state index in [1.165, 1.54) is 17.3 Å². The summed E-state index contributed by atoms with van der Waals surface area (Å²) >= 11 is 1.51. The number of fused-ring (bicyclic) bond motifs is 1. The first-order valence-corrected chi connectivity index (χ1v) is 9.63. The van der Waals surface area contributed by atoms with E-state index < -0.39 is 0 Å². The maximum atomic E-state index is 11.9. The molecule has 0 radical (unpaired) electrons. The van der Waals surface area contributed by atoms with Crippen LogP contribution in [0.5, 0.6) is 0 Å². The second-order valence-corrected chi connectivity index (χ2v) is 7.53. The van der Waals surface area contributed by atoms with Gasteiger partial charge >= 0.3 is 5.63 Å². The van der Waals surface area contributed by atoms with Gasteiger partial charge in [-0.15, -0.1) is 5.10 Å². The highest BCUT2D eigenvalue weighted by Gasteiger charge is 2.19. The smallest absolute Gasteiger partial charge is 0.336 e. The lowest BCUT2D eigenvalue weighted by atomic mass is 10.0. The summed E-state index contributed by atoms with van der Waals surface area (Å²) in [6.45, 7) is 5.53. The van der Waals surface area contributed by atoms with Crippen molar-refractivity contribution in [2.24, 2.45) is 0 Å². The molecule has 1 fully saturated rings. The third-order valence-corrected chi connectivity index (χ3v) is 5.71. The zero-order chi connectivity index (χ0) is 18.1. The molecule has 8 heteroatoms. The first-order chi connectivity index (χ1) is 12.6. The molecule has 3 aromatic rings. The number of hydrogen-bond donors (Lipinski definition) is 0. The molecule has 1 aromatic carbocycles. The Labute approximate surface area is 154 Å². The minimum Gasteiger partial charge on any atom is -0.423 e. The third-order valence-electron chi connectivity index (χ3n) is 4.70. The van der Waals surface area contributed by atoms with E-state index in [2.05, 4.69) is 28.5 Å². The van der Waals surface area contributed by atoms with Gasteiger partial charge in [0, 0.05) is 23.8 Å². The minimum atomic E-state index is -0.338. The Hall–Kier alpha value is -2.19. The fourth-order valence-corrected chi connectivity index (χ4v) is 4.02. The van der Waals surface area contributed by atoms with E-state index in [1.807, 2.05) is 13.0 Å². The zero-order valence-corrected chi connectivity index (χ0v) is 15.6. The second kappa shape index (κ2) is 7.20. The van der Waals surface area contributed by atoms with E-state index in [1.54, 1.807) is 10.7 Å².